The van der Waals surface area contributed by atoms with Crippen molar-refractivity contribution >= 4 is 0 Å². The first kappa shape index (κ1) is 20.9. The molecular weight excluding hydrogens is 349 g/mol. The van der Waals surface area contributed by atoms with Gasteiger partial charge in [-0.1, -0.05) is 63.0 Å². The number of unbranched alkanes of at least 4 members (excludes halogenated alkanes) is 5. The van der Waals surface area contributed by atoms with E-state index in [2.05, 4.69) is 35.6 Å². The van der Waals surface area contributed by atoms with E-state index < -0.39 is 6.36 Å². The zero-order chi connectivity index (χ0) is 19.5. The lowest BCUT2D eigenvalue weighted by Crippen LogP contribution is -2.16. The van der Waals surface area contributed by atoms with Gasteiger partial charge in [0.1, 0.15) is 5.75 Å². The molecule has 0 bridgehead atoms. The second-order valence-corrected chi connectivity index (χ2v) is 6.54. The van der Waals surface area contributed by atoms with Gasteiger partial charge in [0.2, 0.25) is 0 Å². The lowest BCUT2D eigenvalue weighted by molar-refractivity contribution is -0.274. The molecule has 0 N–H and O–H groups in total. The van der Waals surface area contributed by atoms with Crippen molar-refractivity contribution in [3.05, 3.63) is 65.2 Å². The Morgan fingerprint density at radius 2 is 1.26 bits per heavy atom. The van der Waals surface area contributed by atoms with E-state index in [1.54, 1.807) is 0 Å². The van der Waals surface area contributed by atoms with E-state index in [0.717, 1.165) is 12.0 Å². The van der Waals surface area contributed by atoms with Crippen LogP contribution in [0, 0.1) is 11.8 Å². The van der Waals surface area contributed by atoms with Crippen LogP contribution < -0.4 is 4.74 Å². The van der Waals surface area contributed by atoms with E-state index in [9.17, 15) is 13.2 Å². The second kappa shape index (κ2) is 10.7. The van der Waals surface area contributed by atoms with Gasteiger partial charge in [-0.05, 0) is 54.8 Å². The summed E-state index contributed by atoms with van der Waals surface area (Å²) in [5.74, 6) is 5.75. The van der Waals surface area contributed by atoms with Crippen LogP contribution in [-0.2, 0) is 6.42 Å². The van der Waals surface area contributed by atoms with Crippen molar-refractivity contribution in [2.75, 3.05) is 0 Å². The molecule has 2 aromatic carbocycles. The lowest BCUT2D eigenvalue weighted by Gasteiger charge is -2.07. The molecule has 0 unspecified atom stereocenters. The van der Waals surface area contributed by atoms with Gasteiger partial charge in [-0.25, -0.2) is 0 Å². The molecular formula is C23H25F3O. The highest BCUT2D eigenvalue weighted by atomic mass is 19.4. The van der Waals surface area contributed by atoms with Crippen molar-refractivity contribution < 1.29 is 17.9 Å². The number of rotatable bonds is 8. The normalized spacial score (nSPS) is 11.0. The smallest absolute Gasteiger partial charge is 0.406 e. The summed E-state index contributed by atoms with van der Waals surface area (Å²) in [6.07, 6.45) is 4.12. The van der Waals surface area contributed by atoms with Crippen LogP contribution in [0.2, 0.25) is 0 Å². The predicted octanol–water partition coefficient (Wildman–Crippen LogP) is 6.89. The number of hydrogen-bond donors (Lipinski definition) is 0. The van der Waals surface area contributed by atoms with Crippen LogP contribution in [0.4, 0.5) is 13.2 Å². The lowest BCUT2D eigenvalue weighted by atomic mass is 10.0. The predicted molar refractivity (Wildman–Crippen MR) is 103 cm³/mol. The van der Waals surface area contributed by atoms with Crippen LogP contribution in [0.3, 0.4) is 0 Å². The molecule has 0 fully saturated rings. The Labute approximate surface area is 159 Å². The summed E-state index contributed by atoms with van der Waals surface area (Å²) >= 11 is 0. The number of alkyl halides is 3. The van der Waals surface area contributed by atoms with Crippen LogP contribution >= 0.6 is 0 Å². The van der Waals surface area contributed by atoms with Gasteiger partial charge in [0, 0.05) is 11.1 Å². The summed E-state index contributed by atoms with van der Waals surface area (Å²) < 4.78 is 40.3. The van der Waals surface area contributed by atoms with E-state index in [1.807, 2.05) is 12.1 Å². The Morgan fingerprint density at radius 3 is 1.81 bits per heavy atom. The molecule has 0 saturated heterocycles. The standard InChI is InChI=1S/C23H25F3O/c1-2-3-4-5-6-7-8-19-9-11-20(12-10-19)13-14-21-15-17-22(18-16-21)27-23(24,25)26/h9-12,15-18H,2-8H2,1H3. The fourth-order valence-corrected chi connectivity index (χ4v) is 2.75. The van der Waals surface area contributed by atoms with Crippen molar-refractivity contribution in [1.29, 1.82) is 0 Å². The van der Waals surface area contributed by atoms with Gasteiger partial charge in [0.15, 0.2) is 0 Å². The third-order valence-corrected chi connectivity index (χ3v) is 4.21. The molecule has 0 aliphatic heterocycles. The number of benzene rings is 2. The Kier molecular flexibility index (Phi) is 8.26. The van der Waals surface area contributed by atoms with Gasteiger partial charge >= 0.3 is 6.36 Å². The summed E-state index contributed by atoms with van der Waals surface area (Å²) in [7, 11) is 0. The van der Waals surface area contributed by atoms with Crippen LogP contribution in [0.5, 0.6) is 5.75 Å². The average Bonchev–Trinajstić information content (AvgIpc) is 2.64. The Bertz CT molecular complexity index is 734. The third kappa shape index (κ3) is 8.68. The van der Waals surface area contributed by atoms with Gasteiger partial charge in [-0.3, -0.25) is 0 Å². The number of aryl methyl sites for hydroxylation is 1. The highest BCUT2D eigenvalue weighted by Gasteiger charge is 2.30. The molecule has 0 spiro atoms. The van der Waals surface area contributed by atoms with Gasteiger partial charge in [-0.15, -0.1) is 13.2 Å². The Morgan fingerprint density at radius 1 is 0.741 bits per heavy atom. The SMILES string of the molecule is CCCCCCCCc1ccc(C#Cc2ccc(OC(F)(F)F)cc2)cc1. The van der Waals surface area contributed by atoms with Gasteiger partial charge in [0.25, 0.3) is 0 Å². The fourth-order valence-electron chi connectivity index (χ4n) is 2.75. The van der Waals surface area contributed by atoms with Crippen LogP contribution in [0.25, 0.3) is 0 Å². The topological polar surface area (TPSA) is 9.23 Å². The minimum absolute atomic E-state index is 0.243. The Balaban J connectivity index is 1.82. The van der Waals surface area contributed by atoms with E-state index in [-0.39, 0.29) is 5.75 Å². The third-order valence-electron chi connectivity index (χ3n) is 4.21. The van der Waals surface area contributed by atoms with E-state index in [1.165, 1.54) is 68.4 Å². The summed E-state index contributed by atoms with van der Waals surface area (Å²) in [4.78, 5) is 0. The molecule has 0 radical (unpaired) electrons. The molecule has 2 rings (SSSR count). The van der Waals surface area contributed by atoms with E-state index >= 15 is 0 Å². The van der Waals surface area contributed by atoms with Crippen LogP contribution in [0.1, 0.15) is 62.1 Å². The van der Waals surface area contributed by atoms with Gasteiger partial charge < -0.3 is 4.74 Å². The van der Waals surface area contributed by atoms with E-state index in [0.29, 0.717) is 5.56 Å². The quantitative estimate of drug-likeness (QED) is 0.361. The first-order valence-corrected chi connectivity index (χ1v) is 9.43. The van der Waals surface area contributed by atoms with Crippen LogP contribution in [0.15, 0.2) is 48.5 Å². The molecule has 0 aromatic heterocycles. The van der Waals surface area contributed by atoms with Crippen molar-refractivity contribution in [1.82, 2.24) is 0 Å². The molecule has 0 amide bonds. The van der Waals surface area contributed by atoms with Crippen molar-refractivity contribution in [2.45, 2.75) is 58.2 Å². The zero-order valence-electron chi connectivity index (χ0n) is 15.6. The number of ether oxygens (including phenoxy) is 1. The minimum atomic E-state index is -4.68. The van der Waals surface area contributed by atoms with Crippen LogP contribution in [-0.4, -0.2) is 6.36 Å². The van der Waals surface area contributed by atoms with Gasteiger partial charge in [-0.2, -0.15) is 0 Å². The summed E-state index contributed by atoms with van der Waals surface area (Å²) in [5, 5.41) is 0. The average molecular weight is 374 g/mol. The van der Waals surface area contributed by atoms with Crippen molar-refractivity contribution in [3.8, 4) is 17.6 Å². The molecule has 0 heterocycles. The minimum Gasteiger partial charge on any atom is -0.406 e. The summed E-state index contributed by atoms with van der Waals surface area (Å²) in [6, 6.07) is 13.7. The molecule has 0 saturated carbocycles. The molecule has 27 heavy (non-hydrogen) atoms. The number of halogens is 3. The molecule has 1 nitrogen and oxygen atoms in total. The maximum atomic E-state index is 12.1. The Hall–Kier alpha value is -2.41. The molecule has 2 aromatic rings. The maximum absolute atomic E-state index is 12.1. The molecule has 0 aliphatic rings. The molecule has 4 heteroatoms. The highest BCUT2D eigenvalue weighted by molar-refractivity contribution is 5.44. The summed E-state index contributed by atoms with van der Waals surface area (Å²) in [6.45, 7) is 2.22. The first-order valence-electron chi connectivity index (χ1n) is 9.43. The molecule has 0 atom stereocenters. The van der Waals surface area contributed by atoms with E-state index in [4.69, 9.17) is 0 Å². The maximum Gasteiger partial charge on any atom is 0.573 e. The van der Waals surface area contributed by atoms with Crippen molar-refractivity contribution in [2.24, 2.45) is 0 Å². The highest BCUT2D eigenvalue weighted by Crippen LogP contribution is 2.22. The zero-order valence-corrected chi connectivity index (χ0v) is 15.6. The monoisotopic (exact) mass is 374 g/mol. The molecule has 0 aliphatic carbocycles. The first-order chi connectivity index (χ1) is 13.0. The molecule has 144 valence electrons. The van der Waals surface area contributed by atoms with Gasteiger partial charge in [0.05, 0.1) is 0 Å². The van der Waals surface area contributed by atoms with Crippen molar-refractivity contribution in [3.63, 3.8) is 0 Å². The second-order valence-electron chi connectivity index (χ2n) is 6.54. The number of hydrogen-bond acceptors (Lipinski definition) is 1. The summed E-state index contributed by atoms with van der Waals surface area (Å²) in [5.41, 5.74) is 2.84. The largest absolute Gasteiger partial charge is 0.573 e. The fraction of sp³-hybridized carbons (Fsp3) is 0.391.